The highest BCUT2D eigenvalue weighted by Crippen LogP contribution is 2.18. The van der Waals surface area contributed by atoms with Gasteiger partial charge in [0.2, 0.25) is 0 Å². The van der Waals surface area contributed by atoms with Crippen molar-refractivity contribution < 1.29 is 9.72 Å². The maximum absolute atomic E-state index is 12.8. The molecule has 3 aromatic rings. The Kier molecular flexibility index (Phi) is 5.54. The maximum Gasteiger partial charge on any atom is 0.285 e. The molecule has 0 N–H and O–H groups in total. The number of Topliss-reactive ketones (excluding diaryl/α,β-unsaturated/α-hetero) is 1. The molecule has 1 aromatic carbocycles. The largest absolute Gasteiger partial charge is 0.348 e. The van der Waals surface area contributed by atoms with Gasteiger partial charge in [-0.25, -0.2) is 0 Å². The number of carbonyl (C=O) groups is 1. The van der Waals surface area contributed by atoms with Crippen LogP contribution in [0.4, 0.5) is 5.69 Å². The summed E-state index contributed by atoms with van der Waals surface area (Å²) in [6.45, 7) is 4.32. The third kappa shape index (κ3) is 4.09. The van der Waals surface area contributed by atoms with E-state index in [4.69, 9.17) is 0 Å². The fraction of sp³-hybridized carbons (Fsp3) is 0.238. The quantitative estimate of drug-likeness (QED) is 0.358. The van der Waals surface area contributed by atoms with Gasteiger partial charge in [-0.2, -0.15) is 0 Å². The van der Waals surface area contributed by atoms with Crippen LogP contribution in [0.5, 0.6) is 0 Å². The molecular formula is C21H21N3O4. The van der Waals surface area contributed by atoms with Crippen molar-refractivity contribution in [2.24, 2.45) is 0 Å². The summed E-state index contributed by atoms with van der Waals surface area (Å²) < 4.78 is 3.16. The molecule has 0 radical (unpaired) electrons. The molecule has 28 heavy (non-hydrogen) atoms. The van der Waals surface area contributed by atoms with Gasteiger partial charge >= 0.3 is 0 Å². The Morgan fingerprint density at radius 1 is 1.11 bits per heavy atom. The summed E-state index contributed by atoms with van der Waals surface area (Å²) in [5, 5.41) is 10.9. The number of carbonyl (C=O) groups excluding carboxylic acids is 1. The Morgan fingerprint density at radius 2 is 1.82 bits per heavy atom. The fourth-order valence-corrected chi connectivity index (χ4v) is 3.30. The van der Waals surface area contributed by atoms with Gasteiger partial charge in [-0.05, 0) is 31.9 Å². The molecule has 7 heteroatoms. The van der Waals surface area contributed by atoms with Crippen LogP contribution in [0.15, 0.2) is 59.5 Å². The van der Waals surface area contributed by atoms with Gasteiger partial charge in [0.05, 0.1) is 17.7 Å². The number of benzene rings is 1. The average Bonchev–Trinajstić information content (AvgIpc) is 2.96. The summed E-state index contributed by atoms with van der Waals surface area (Å²) >= 11 is 0. The molecule has 0 saturated heterocycles. The summed E-state index contributed by atoms with van der Waals surface area (Å²) in [7, 11) is 0. The zero-order valence-corrected chi connectivity index (χ0v) is 15.8. The van der Waals surface area contributed by atoms with E-state index in [0.717, 1.165) is 47.3 Å². The molecule has 144 valence electrons. The zero-order valence-electron chi connectivity index (χ0n) is 15.8. The van der Waals surface area contributed by atoms with Crippen LogP contribution in [0.25, 0.3) is 0 Å². The molecule has 0 unspecified atom stereocenters. The molecule has 0 aliphatic carbocycles. The topological polar surface area (TPSA) is 87.1 Å². The number of nitrogens with zero attached hydrogens (tertiary/aromatic N) is 3. The molecule has 2 heterocycles. The van der Waals surface area contributed by atoms with Crippen LogP contribution in [0.3, 0.4) is 0 Å². The van der Waals surface area contributed by atoms with E-state index < -0.39 is 10.5 Å². The number of aryl methyl sites for hydroxylation is 2. The van der Waals surface area contributed by atoms with Crippen molar-refractivity contribution in [3.05, 3.63) is 97.7 Å². The van der Waals surface area contributed by atoms with Crippen molar-refractivity contribution in [2.75, 3.05) is 0 Å². The number of nitro groups is 1. The minimum absolute atomic E-state index is 0.222. The van der Waals surface area contributed by atoms with Gasteiger partial charge in [0.25, 0.3) is 11.2 Å². The minimum Gasteiger partial charge on any atom is -0.348 e. The van der Waals surface area contributed by atoms with Crippen LogP contribution in [0.1, 0.15) is 27.3 Å². The summed E-state index contributed by atoms with van der Waals surface area (Å²) in [5.74, 6) is -0.248. The van der Waals surface area contributed by atoms with Gasteiger partial charge in [0.1, 0.15) is 0 Å². The highest BCUT2D eigenvalue weighted by atomic mass is 16.6. The first kappa shape index (κ1) is 19.3. The van der Waals surface area contributed by atoms with Crippen molar-refractivity contribution in [1.82, 2.24) is 9.13 Å². The third-order valence-electron chi connectivity index (χ3n) is 4.83. The van der Waals surface area contributed by atoms with Crippen LogP contribution >= 0.6 is 0 Å². The number of aromatic nitrogens is 2. The lowest BCUT2D eigenvalue weighted by Gasteiger charge is -2.10. The molecule has 0 fully saturated rings. The van der Waals surface area contributed by atoms with Crippen LogP contribution in [0.2, 0.25) is 0 Å². The van der Waals surface area contributed by atoms with Crippen molar-refractivity contribution in [3.63, 3.8) is 0 Å². The smallest absolute Gasteiger partial charge is 0.285 e. The molecule has 0 amide bonds. The maximum atomic E-state index is 12.8. The number of ketones is 1. The highest BCUT2D eigenvalue weighted by Gasteiger charge is 2.17. The van der Waals surface area contributed by atoms with Crippen LogP contribution in [-0.4, -0.2) is 19.8 Å². The third-order valence-corrected chi connectivity index (χ3v) is 4.83. The average molecular weight is 379 g/mol. The zero-order chi connectivity index (χ0) is 20.3. The minimum atomic E-state index is -0.587. The molecular weight excluding hydrogens is 358 g/mol. The van der Waals surface area contributed by atoms with Crippen molar-refractivity contribution in [3.8, 4) is 0 Å². The summed E-state index contributed by atoms with van der Waals surface area (Å²) in [5.41, 5.74) is 2.87. The number of pyridine rings is 1. The van der Waals surface area contributed by atoms with E-state index in [1.54, 1.807) is 0 Å². The molecule has 7 nitrogen and oxygen atoms in total. The first-order valence-corrected chi connectivity index (χ1v) is 8.95. The second kappa shape index (κ2) is 8.04. The lowest BCUT2D eigenvalue weighted by atomic mass is 10.1. The van der Waals surface area contributed by atoms with Gasteiger partial charge in [0, 0.05) is 35.6 Å². The summed E-state index contributed by atoms with van der Waals surface area (Å²) in [6, 6.07) is 14.2. The molecule has 0 saturated carbocycles. The van der Waals surface area contributed by atoms with E-state index in [1.807, 2.05) is 38.1 Å². The monoisotopic (exact) mass is 379 g/mol. The van der Waals surface area contributed by atoms with Crippen molar-refractivity contribution in [1.29, 1.82) is 0 Å². The number of rotatable bonds is 7. The van der Waals surface area contributed by atoms with Gasteiger partial charge < -0.3 is 9.13 Å². The Hall–Kier alpha value is -3.48. The summed E-state index contributed by atoms with van der Waals surface area (Å²) in [6.07, 6.45) is 1.95. The van der Waals surface area contributed by atoms with E-state index in [0.29, 0.717) is 5.56 Å². The second-order valence-electron chi connectivity index (χ2n) is 6.71. The van der Waals surface area contributed by atoms with E-state index in [2.05, 4.69) is 16.7 Å². The molecule has 0 atom stereocenters. The summed E-state index contributed by atoms with van der Waals surface area (Å²) in [4.78, 5) is 35.1. The van der Waals surface area contributed by atoms with Crippen LogP contribution < -0.4 is 5.56 Å². The fourth-order valence-electron chi connectivity index (χ4n) is 3.30. The SMILES string of the molecule is Cc1cc(C(=O)Cn2cc([N+](=O)[O-])ccc2=O)c(C)n1CCc1ccccc1. The molecule has 0 bridgehead atoms. The molecule has 0 spiro atoms. The lowest BCUT2D eigenvalue weighted by Crippen LogP contribution is -2.23. The lowest BCUT2D eigenvalue weighted by molar-refractivity contribution is -0.385. The van der Waals surface area contributed by atoms with Gasteiger partial charge in [0.15, 0.2) is 5.78 Å². The Bertz CT molecular complexity index is 1080. The van der Waals surface area contributed by atoms with Gasteiger partial charge in [-0.1, -0.05) is 30.3 Å². The molecule has 0 aliphatic heterocycles. The van der Waals surface area contributed by atoms with E-state index in [-0.39, 0.29) is 18.0 Å². The molecule has 3 rings (SSSR count). The van der Waals surface area contributed by atoms with E-state index in [1.165, 1.54) is 5.56 Å². The Balaban J connectivity index is 1.80. The Labute approximate surface area is 162 Å². The van der Waals surface area contributed by atoms with Gasteiger partial charge in [-0.15, -0.1) is 0 Å². The highest BCUT2D eigenvalue weighted by molar-refractivity contribution is 5.97. The predicted molar refractivity (Wildman–Crippen MR) is 106 cm³/mol. The van der Waals surface area contributed by atoms with Gasteiger partial charge in [-0.3, -0.25) is 19.7 Å². The standard InChI is InChI=1S/C21H21N3O4/c1-15-12-19(16(2)23(15)11-10-17-6-4-3-5-7-17)20(25)14-22-13-18(24(27)28)8-9-21(22)26/h3-9,12-13H,10-11,14H2,1-2H3. The van der Waals surface area contributed by atoms with Crippen LogP contribution in [0, 0.1) is 24.0 Å². The Morgan fingerprint density at radius 3 is 2.50 bits per heavy atom. The van der Waals surface area contributed by atoms with Crippen molar-refractivity contribution in [2.45, 2.75) is 33.4 Å². The van der Waals surface area contributed by atoms with Crippen LogP contribution in [-0.2, 0) is 19.5 Å². The van der Waals surface area contributed by atoms with Crippen molar-refractivity contribution >= 4 is 11.5 Å². The normalized spacial score (nSPS) is 10.8. The first-order chi connectivity index (χ1) is 13.4. The second-order valence-corrected chi connectivity index (χ2v) is 6.71. The number of hydrogen-bond acceptors (Lipinski definition) is 4. The molecule has 0 aliphatic rings. The first-order valence-electron chi connectivity index (χ1n) is 8.95. The van der Waals surface area contributed by atoms with E-state index >= 15 is 0 Å². The number of hydrogen-bond donors (Lipinski definition) is 0. The van der Waals surface area contributed by atoms with E-state index in [9.17, 15) is 19.7 Å². The molecule has 2 aromatic heterocycles. The predicted octanol–water partition coefficient (Wildman–Crippen LogP) is 3.30.